The number of rotatable bonds is 6. The fourth-order valence-corrected chi connectivity index (χ4v) is 7.01. The first-order valence-corrected chi connectivity index (χ1v) is 14.5. The van der Waals surface area contributed by atoms with Crippen molar-refractivity contribution in [3.8, 4) is 23.3 Å². The minimum Gasteiger partial charge on any atom is -0.489 e. The smallest absolute Gasteiger partial charge is 0.355 e. The first-order valence-electron chi connectivity index (χ1n) is 12.6. The van der Waals surface area contributed by atoms with Crippen LogP contribution in [0.25, 0.3) is 10.1 Å². The summed E-state index contributed by atoms with van der Waals surface area (Å²) in [6, 6.07) is 27.7. The molecule has 0 saturated carbocycles. The number of nitrogens with zero attached hydrogens (tertiary/aromatic N) is 1. The highest BCUT2D eigenvalue weighted by Gasteiger charge is 2.31. The van der Waals surface area contributed by atoms with Crippen molar-refractivity contribution in [2.24, 2.45) is 5.73 Å². The summed E-state index contributed by atoms with van der Waals surface area (Å²) >= 11 is 20.0. The first kappa shape index (κ1) is 28.0. The van der Waals surface area contributed by atoms with Crippen molar-refractivity contribution in [3.05, 3.63) is 133 Å². The Labute approximate surface area is 260 Å². The lowest BCUT2D eigenvalue weighted by Crippen LogP contribution is -2.21. The number of allylic oxidation sites excluding steroid dienone is 1. The zero-order valence-electron chi connectivity index (χ0n) is 21.6. The number of benzene rings is 4. The van der Waals surface area contributed by atoms with Crippen LogP contribution >= 0.6 is 46.1 Å². The molecule has 1 aliphatic rings. The molecular formula is C32H19Cl3N2O4S. The molecule has 6 rings (SSSR count). The second-order valence-electron chi connectivity index (χ2n) is 9.37. The lowest BCUT2D eigenvalue weighted by molar-refractivity contribution is 0.0740. The van der Waals surface area contributed by atoms with Crippen LogP contribution in [0, 0.1) is 11.3 Å². The molecule has 1 unspecified atom stereocenters. The minimum absolute atomic E-state index is 0.0341. The van der Waals surface area contributed by atoms with Crippen LogP contribution in [0.5, 0.6) is 17.2 Å². The van der Waals surface area contributed by atoms with Gasteiger partial charge in [0.15, 0.2) is 0 Å². The molecule has 0 fully saturated rings. The second-order valence-corrected chi connectivity index (χ2v) is 11.6. The van der Waals surface area contributed by atoms with E-state index in [0.29, 0.717) is 43.8 Å². The van der Waals surface area contributed by atoms with E-state index in [1.807, 2.05) is 54.6 Å². The summed E-state index contributed by atoms with van der Waals surface area (Å²) in [5.74, 6) is -0.00330. The number of carbonyl (C=O) groups is 1. The molecule has 6 nitrogen and oxygen atoms in total. The summed E-state index contributed by atoms with van der Waals surface area (Å²) in [4.78, 5) is 13.3. The van der Waals surface area contributed by atoms with Gasteiger partial charge < -0.3 is 19.9 Å². The highest BCUT2D eigenvalue weighted by molar-refractivity contribution is 7.21. The third-order valence-corrected chi connectivity index (χ3v) is 8.80. The Kier molecular flexibility index (Phi) is 7.72. The third kappa shape index (κ3) is 5.38. The first-order chi connectivity index (χ1) is 20.3. The van der Waals surface area contributed by atoms with E-state index >= 15 is 0 Å². The van der Waals surface area contributed by atoms with Crippen LogP contribution < -0.4 is 19.9 Å². The Hall–Kier alpha value is -4.19. The maximum atomic E-state index is 13.1. The van der Waals surface area contributed by atoms with E-state index in [0.717, 1.165) is 22.5 Å². The third-order valence-electron chi connectivity index (χ3n) is 6.68. The SMILES string of the molecule is N#CC1=C(N)Oc2cc(OC(=O)c3sc4cc(Cl)cc(Cl)c4c3Cl)ccc2C1c1cccc(OCc2ccccc2)c1. The highest BCUT2D eigenvalue weighted by Crippen LogP contribution is 2.45. The van der Waals surface area contributed by atoms with E-state index in [2.05, 4.69) is 6.07 Å². The normalized spacial score (nSPS) is 14.2. The van der Waals surface area contributed by atoms with E-state index in [9.17, 15) is 10.1 Å². The summed E-state index contributed by atoms with van der Waals surface area (Å²) in [5, 5.41) is 11.5. The van der Waals surface area contributed by atoms with Crippen molar-refractivity contribution in [2.75, 3.05) is 0 Å². The summed E-state index contributed by atoms with van der Waals surface area (Å²) in [6.07, 6.45) is 0. The van der Waals surface area contributed by atoms with Crippen LogP contribution in [0.3, 0.4) is 0 Å². The number of nitriles is 1. The quantitative estimate of drug-likeness (QED) is 0.148. The van der Waals surface area contributed by atoms with Crippen molar-refractivity contribution in [1.82, 2.24) is 0 Å². The van der Waals surface area contributed by atoms with E-state index in [-0.39, 0.29) is 27.1 Å². The van der Waals surface area contributed by atoms with Gasteiger partial charge in [0.1, 0.15) is 40.4 Å². The minimum atomic E-state index is -0.662. The molecule has 42 heavy (non-hydrogen) atoms. The van der Waals surface area contributed by atoms with Crippen LogP contribution in [-0.2, 0) is 6.61 Å². The second kappa shape index (κ2) is 11.6. The van der Waals surface area contributed by atoms with Crippen LogP contribution in [0.1, 0.15) is 32.3 Å². The maximum Gasteiger partial charge on any atom is 0.355 e. The fourth-order valence-electron chi connectivity index (χ4n) is 4.76. The van der Waals surface area contributed by atoms with Crippen LogP contribution in [0.2, 0.25) is 15.1 Å². The number of nitrogens with two attached hydrogens (primary N) is 1. The van der Waals surface area contributed by atoms with Crippen LogP contribution in [-0.4, -0.2) is 5.97 Å². The Morgan fingerprint density at radius 1 is 0.976 bits per heavy atom. The van der Waals surface area contributed by atoms with Gasteiger partial charge in [0, 0.05) is 26.7 Å². The number of halogens is 3. The van der Waals surface area contributed by atoms with Gasteiger partial charge in [0.2, 0.25) is 5.88 Å². The standard InChI is InChI=1S/C32H19Cl3N2O4S/c33-19-12-24(34)28-26(13-19)42-30(29(28)35)32(38)40-21-9-10-22-25(14-21)41-31(37)23(15-36)27(22)18-7-4-8-20(11-18)39-16-17-5-2-1-3-6-17/h1-14,27H,16,37H2. The number of carbonyl (C=O) groups excluding carboxylic acids is 1. The molecule has 0 radical (unpaired) electrons. The Bertz CT molecular complexity index is 1930. The van der Waals surface area contributed by atoms with Gasteiger partial charge in [-0.2, -0.15) is 5.26 Å². The zero-order chi connectivity index (χ0) is 29.4. The van der Waals surface area contributed by atoms with Gasteiger partial charge in [0.25, 0.3) is 0 Å². The van der Waals surface area contributed by atoms with Gasteiger partial charge in [0.05, 0.1) is 16.0 Å². The van der Waals surface area contributed by atoms with E-state index in [4.69, 9.17) is 54.7 Å². The molecule has 1 aromatic heterocycles. The average Bonchev–Trinajstić information content (AvgIpc) is 3.32. The molecule has 4 aromatic carbocycles. The number of thiophene rings is 1. The van der Waals surface area contributed by atoms with Crippen molar-refractivity contribution in [3.63, 3.8) is 0 Å². The molecule has 208 valence electrons. The summed E-state index contributed by atoms with van der Waals surface area (Å²) < 4.78 is 18.1. The molecular weight excluding hydrogens is 615 g/mol. The predicted octanol–water partition coefficient (Wildman–Crippen LogP) is 8.88. The van der Waals surface area contributed by atoms with E-state index in [1.165, 1.54) is 0 Å². The summed E-state index contributed by atoms with van der Waals surface area (Å²) in [7, 11) is 0. The molecule has 0 spiro atoms. The van der Waals surface area contributed by atoms with Crippen molar-refractivity contribution >= 4 is 62.2 Å². The van der Waals surface area contributed by atoms with Crippen LogP contribution in [0.15, 0.2) is 96.4 Å². The summed E-state index contributed by atoms with van der Waals surface area (Å²) in [6.45, 7) is 0.398. The number of hydrogen-bond donors (Lipinski definition) is 1. The average molecular weight is 634 g/mol. The van der Waals surface area contributed by atoms with Gasteiger partial charge in [-0.25, -0.2) is 4.79 Å². The van der Waals surface area contributed by atoms with Crippen LogP contribution in [0.4, 0.5) is 0 Å². The lowest BCUT2D eigenvalue weighted by atomic mass is 9.83. The molecule has 1 aliphatic heterocycles. The largest absolute Gasteiger partial charge is 0.489 e. The van der Waals surface area contributed by atoms with Crippen molar-refractivity contribution < 1.29 is 19.0 Å². The molecule has 1 atom stereocenters. The molecule has 2 N–H and O–H groups in total. The molecule has 0 bridgehead atoms. The molecule has 2 heterocycles. The topological polar surface area (TPSA) is 94.6 Å². The van der Waals surface area contributed by atoms with E-state index in [1.54, 1.807) is 30.3 Å². The van der Waals surface area contributed by atoms with Gasteiger partial charge in [-0.15, -0.1) is 11.3 Å². The van der Waals surface area contributed by atoms with Gasteiger partial charge >= 0.3 is 5.97 Å². The zero-order valence-corrected chi connectivity index (χ0v) is 24.7. The molecule has 10 heteroatoms. The van der Waals surface area contributed by atoms with Gasteiger partial charge in [-0.1, -0.05) is 83.3 Å². The summed E-state index contributed by atoms with van der Waals surface area (Å²) in [5.41, 5.74) is 8.97. The Morgan fingerprint density at radius 3 is 2.57 bits per heavy atom. The monoisotopic (exact) mass is 632 g/mol. The van der Waals surface area contributed by atoms with Crippen molar-refractivity contribution in [1.29, 1.82) is 5.26 Å². The van der Waals surface area contributed by atoms with Gasteiger partial charge in [-0.05, 0) is 41.5 Å². The molecule has 5 aromatic rings. The number of hydrogen-bond acceptors (Lipinski definition) is 7. The Morgan fingerprint density at radius 2 is 1.79 bits per heavy atom. The number of esters is 1. The molecule has 0 saturated heterocycles. The Balaban J connectivity index is 1.29. The van der Waals surface area contributed by atoms with E-state index < -0.39 is 11.9 Å². The number of fused-ring (bicyclic) bond motifs is 2. The van der Waals surface area contributed by atoms with Gasteiger partial charge in [-0.3, -0.25) is 0 Å². The number of ether oxygens (including phenoxy) is 3. The lowest BCUT2D eigenvalue weighted by Gasteiger charge is -2.27. The maximum absolute atomic E-state index is 13.1. The highest BCUT2D eigenvalue weighted by atomic mass is 35.5. The van der Waals surface area contributed by atoms with Crippen molar-refractivity contribution in [2.45, 2.75) is 12.5 Å². The fraction of sp³-hybridized carbons (Fsp3) is 0.0625. The molecule has 0 amide bonds. The predicted molar refractivity (Wildman–Crippen MR) is 165 cm³/mol. The molecule has 0 aliphatic carbocycles.